The van der Waals surface area contributed by atoms with Crippen LogP contribution in [0.2, 0.25) is 0 Å². The summed E-state index contributed by atoms with van der Waals surface area (Å²) in [5.74, 6) is 0.339. The van der Waals surface area contributed by atoms with Crippen LogP contribution in [0.1, 0.15) is 5.56 Å². The molecule has 0 bridgehead atoms. The topological polar surface area (TPSA) is 25.2 Å². The molecule has 0 spiro atoms. The van der Waals surface area contributed by atoms with Gasteiger partial charge in [0.2, 0.25) is 0 Å². The van der Waals surface area contributed by atoms with Crippen molar-refractivity contribution in [3.8, 4) is 11.4 Å². The number of rotatable bonds is 1. The van der Waals surface area contributed by atoms with E-state index < -0.39 is 0 Å². The van der Waals surface area contributed by atoms with Gasteiger partial charge in [0.15, 0.2) is 0 Å². The van der Waals surface area contributed by atoms with Gasteiger partial charge in [0, 0.05) is 24.1 Å². The molecule has 2 rings (SSSR count). The number of benzene rings is 1. The van der Waals surface area contributed by atoms with Crippen LogP contribution in [0, 0.1) is 6.92 Å². The monoisotopic (exact) mass is 173 g/mol. The van der Waals surface area contributed by atoms with E-state index in [0.717, 1.165) is 11.3 Å². The molecule has 1 N–H and O–H groups in total. The quantitative estimate of drug-likeness (QED) is 0.704. The Morgan fingerprint density at radius 1 is 1.15 bits per heavy atom. The number of nitrogens with zero attached hydrogens (tertiary/aromatic N) is 1. The standard InChI is InChI=1S/C11H11NO/c1-9-4-5-10(8-11(9)13)12-6-2-3-7-12/h2-8,13H,1H3. The molecule has 0 unspecified atom stereocenters. The van der Waals surface area contributed by atoms with E-state index in [2.05, 4.69) is 0 Å². The summed E-state index contributed by atoms with van der Waals surface area (Å²) in [6, 6.07) is 9.56. The van der Waals surface area contributed by atoms with Crippen molar-refractivity contribution in [3.63, 3.8) is 0 Å². The molecule has 1 aromatic carbocycles. The number of aromatic nitrogens is 1. The van der Waals surface area contributed by atoms with Crippen molar-refractivity contribution in [2.45, 2.75) is 6.92 Å². The molecule has 0 radical (unpaired) electrons. The van der Waals surface area contributed by atoms with Crippen molar-refractivity contribution in [3.05, 3.63) is 48.3 Å². The van der Waals surface area contributed by atoms with Crippen LogP contribution < -0.4 is 0 Å². The summed E-state index contributed by atoms with van der Waals surface area (Å²) in [6.45, 7) is 1.88. The second-order valence-electron chi connectivity index (χ2n) is 3.06. The summed E-state index contributed by atoms with van der Waals surface area (Å²) in [6.07, 6.45) is 3.90. The number of phenolic OH excluding ortho intramolecular Hbond substituents is 1. The van der Waals surface area contributed by atoms with Gasteiger partial charge < -0.3 is 9.67 Å². The van der Waals surface area contributed by atoms with Crippen LogP contribution in [0.3, 0.4) is 0 Å². The van der Waals surface area contributed by atoms with Gasteiger partial charge in [0.05, 0.1) is 0 Å². The van der Waals surface area contributed by atoms with Crippen molar-refractivity contribution < 1.29 is 5.11 Å². The molecule has 0 fully saturated rings. The molecule has 2 heteroatoms. The van der Waals surface area contributed by atoms with Gasteiger partial charge in [-0.1, -0.05) is 6.07 Å². The fraction of sp³-hybridized carbons (Fsp3) is 0.0909. The van der Waals surface area contributed by atoms with Crippen LogP contribution in [0.4, 0.5) is 0 Å². The maximum atomic E-state index is 9.49. The summed E-state index contributed by atoms with van der Waals surface area (Å²) in [5.41, 5.74) is 1.88. The Labute approximate surface area is 77.1 Å². The molecule has 0 saturated carbocycles. The normalized spacial score (nSPS) is 10.2. The minimum atomic E-state index is 0.339. The van der Waals surface area contributed by atoms with Crippen molar-refractivity contribution >= 4 is 0 Å². The Morgan fingerprint density at radius 3 is 2.46 bits per heavy atom. The lowest BCUT2D eigenvalue weighted by Crippen LogP contribution is -1.89. The number of hydrogen-bond donors (Lipinski definition) is 1. The second kappa shape index (κ2) is 2.98. The van der Waals surface area contributed by atoms with E-state index >= 15 is 0 Å². The summed E-state index contributed by atoms with van der Waals surface area (Å²) < 4.78 is 1.96. The predicted octanol–water partition coefficient (Wildman–Crippen LogP) is 2.49. The minimum absolute atomic E-state index is 0.339. The van der Waals surface area contributed by atoms with Crippen molar-refractivity contribution in [1.82, 2.24) is 4.57 Å². The molecule has 0 aliphatic heterocycles. The first-order valence-electron chi connectivity index (χ1n) is 4.20. The molecule has 1 aromatic heterocycles. The SMILES string of the molecule is Cc1ccc(-n2cccc2)cc1O. The van der Waals surface area contributed by atoms with Crippen LogP contribution in [-0.4, -0.2) is 9.67 Å². The Morgan fingerprint density at radius 2 is 1.85 bits per heavy atom. The summed E-state index contributed by atoms with van der Waals surface area (Å²) in [5, 5.41) is 9.49. The predicted molar refractivity (Wildman–Crippen MR) is 52.2 cm³/mol. The van der Waals surface area contributed by atoms with Crippen LogP contribution in [-0.2, 0) is 0 Å². The lowest BCUT2D eigenvalue weighted by molar-refractivity contribution is 0.471. The smallest absolute Gasteiger partial charge is 0.120 e. The molecule has 13 heavy (non-hydrogen) atoms. The van der Waals surface area contributed by atoms with Gasteiger partial charge >= 0.3 is 0 Å². The Balaban J connectivity index is 2.49. The molecule has 0 aliphatic carbocycles. The summed E-state index contributed by atoms with van der Waals surface area (Å²) in [7, 11) is 0. The minimum Gasteiger partial charge on any atom is -0.508 e. The summed E-state index contributed by atoms with van der Waals surface area (Å²) in [4.78, 5) is 0. The maximum absolute atomic E-state index is 9.49. The molecule has 2 nitrogen and oxygen atoms in total. The average molecular weight is 173 g/mol. The molecule has 2 aromatic rings. The van der Waals surface area contributed by atoms with Crippen LogP contribution in [0.15, 0.2) is 42.7 Å². The highest BCUT2D eigenvalue weighted by atomic mass is 16.3. The number of hydrogen-bond acceptors (Lipinski definition) is 1. The van der Waals surface area contributed by atoms with Gasteiger partial charge in [-0.3, -0.25) is 0 Å². The number of aromatic hydroxyl groups is 1. The first-order valence-corrected chi connectivity index (χ1v) is 4.20. The average Bonchev–Trinajstić information content (AvgIpc) is 2.62. The molecule has 0 amide bonds. The summed E-state index contributed by atoms with van der Waals surface area (Å²) >= 11 is 0. The van der Waals surface area contributed by atoms with Gasteiger partial charge in [-0.2, -0.15) is 0 Å². The second-order valence-corrected chi connectivity index (χ2v) is 3.06. The fourth-order valence-corrected chi connectivity index (χ4v) is 1.27. The molecule has 0 saturated heterocycles. The lowest BCUT2D eigenvalue weighted by Gasteiger charge is -2.04. The third kappa shape index (κ3) is 1.43. The van der Waals surface area contributed by atoms with E-state index in [0.29, 0.717) is 5.75 Å². The zero-order chi connectivity index (χ0) is 9.26. The fourth-order valence-electron chi connectivity index (χ4n) is 1.27. The molecule has 0 atom stereocenters. The Bertz CT molecular complexity index is 404. The third-order valence-corrected chi connectivity index (χ3v) is 2.10. The van der Waals surface area contributed by atoms with Crippen molar-refractivity contribution in [1.29, 1.82) is 0 Å². The first kappa shape index (κ1) is 7.92. The van der Waals surface area contributed by atoms with Gasteiger partial charge in [-0.05, 0) is 30.7 Å². The highest BCUT2D eigenvalue weighted by molar-refractivity contribution is 5.43. The van der Waals surface area contributed by atoms with Crippen LogP contribution in [0.5, 0.6) is 5.75 Å². The Kier molecular flexibility index (Phi) is 1.81. The zero-order valence-electron chi connectivity index (χ0n) is 7.44. The highest BCUT2D eigenvalue weighted by Crippen LogP contribution is 2.19. The maximum Gasteiger partial charge on any atom is 0.120 e. The number of aryl methyl sites for hydroxylation is 1. The highest BCUT2D eigenvalue weighted by Gasteiger charge is 1.98. The van der Waals surface area contributed by atoms with E-state index in [9.17, 15) is 5.11 Å². The molecular formula is C11H11NO. The Hall–Kier alpha value is -1.70. The van der Waals surface area contributed by atoms with E-state index in [-0.39, 0.29) is 0 Å². The van der Waals surface area contributed by atoms with E-state index in [1.807, 2.05) is 48.1 Å². The molecule has 1 heterocycles. The van der Waals surface area contributed by atoms with Crippen molar-refractivity contribution in [2.75, 3.05) is 0 Å². The van der Waals surface area contributed by atoms with Crippen LogP contribution in [0.25, 0.3) is 5.69 Å². The molecule has 66 valence electrons. The van der Waals surface area contributed by atoms with E-state index in [1.54, 1.807) is 6.07 Å². The zero-order valence-corrected chi connectivity index (χ0v) is 7.44. The van der Waals surface area contributed by atoms with Gasteiger partial charge in [0.25, 0.3) is 0 Å². The van der Waals surface area contributed by atoms with Gasteiger partial charge in [-0.15, -0.1) is 0 Å². The van der Waals surface area contributed by atoms with Gasteiger partial charge in [0.1, 0.15) is 5.75 Å². The van der Waals surface area contributed by atoms with E-state index in [1.165, 1.54) is 0 Å². The third-order valence-electron chi connectivity index (χ3n) is 2.10. The molecule has 0 aliphatic rings. The largest absolute Gasteiger partial charge is 0.508 e. The van der Waals surface area contributed by atoms with Gasteiger partial charge in [-0.25, -0.2) is 0 Å². The lowest BCUT2D eigenvalue weighted by atomic mass is 10.2. The van der Waals surface area contributed by atoms with Crippen LogP contribution >= 0.6 is 0 Å². The number of phenols is 1. The van der Waals surface area contributed by atoms with E-state index in [4.69, 9.17) is 0 Å². The first-order chi connectivity index (χ1) is 6.27. The molecular weight excluding hydrogens is 162 g/mol. The van der Waals surface area contributed by atoms with Crippen molar-refractivity contribution in [2.24, 2.45) is 0 Å².